The summed E-state index contributed by atoms with van der Waals surface area (Å²) in [5.74, 6) is -0.414. The van der Waals surface area contributed by atoms with Crippen LogP contribution in [0.3, 0.4) is 0 Å². The zero-order valence-corrected chi connectivity index (χ0v) is 13.3. The number of hydrogen-bond donors (Lipinski definition) is 2. The largest absolute Gasteiger partial charge is 0.345 e. The molecule has 114 valence electrons. The van der Waals surface area contributed by atoms with E-state index in [-0.39, 0.29) is 11.8 Å². The first-order valence-electron chi connectivity index (χ1n) is 7.39. The Morgan fingerprint density at radius 1 is 1.19 bits per heavy atom. The summed E-state index contributed by atoms with van der Waals surface area (Å²) in [7, 11) is 0. The fourth-order valence-electron chi connectivity index (χ4n) is 2.44. The molecule has 21 heavy (non-hydrogen) atoms. The lowest BCUT2D eigenvalue weighted by Gasteiger charge is -2.13. The van der Waals surface area contributed by atoms with Crippen molar-refractivity contribution in [2.45, 2.75) is 55.7 Å². The minimum atomic E-state index is -0.532. The molecule has 1 saturated carbocycles. The van der Waals surface area contributed by atoms with E-state index in [2.05, 4.69) is 10.6 Å². The molecule has 0 aromatic heterocycles. The zero-order valence-electron chi connectivity index (χ0n) is 12.5. The lowest BCUT2D eigenvalue weighted by Crippen LogP contribution is -2.40. The molecule has 1 atom stereocenters. The van der Waals surface area contributed by atoms with E-state index >= 15 is 0 Å². The molecule has 1 fully saturated rings. The van der Waals surface area contributed by atoms with Gasteiger partial charge in [0.1, 0.15) is 6.04 Å². The van der Waals surface area contributed by atoms with Gasteiger partial charge < -0.3 is 10.6 Å². The first-order chi connectivity index (χ1) is 10.0. The van der Waals surface area contributed by atoms with Crippen molar-refractivity contribution in [1.82, 2.24) is 5.32 Å². The molecule has 1 aromatic carbocycles. The van der Waals surface area contributed by atoms with E-state index in [1.165, 1.54) is 37.5 Å². The molecule has 5 heteroatoms. The third-order valence-corrected chi connectivity index (χ3v) is 4.89. The number of rotatable bonds is 5. The second kappa shape index (κ2) is 7.50. The van der Waals surface area contributed by atoms with Crippen LogP contribution in [0.25, 0.3) is 0 Å². The minimum Gasteiger partial charge on any atom is -0.345 e. The summed E-state index contributed by atoms with van der Waals surface area (Å²) >= 11 is 1.92. The molecule has 0 unspecified atom stereocenters. The third kappa shape index (κ3) is 5.08. The Labute approximate surface area is 130 Å². The number of amides is 2. The fraction of sp³-hybridized carbons (Fsp3) is 0.500. The second-order valence-corrected chi connectivity index (χ2v) is 6.83. The number of carbonyl (C=O) groups excluding carboxylic acids is 2. The molecule has 0 spiro atoms. The molecule has 0 aliphatic heterocycles. The van der Waals surface area contributed by atoms with Crippen molar-refractivity contribution in [3.05, 3.63) is 24.3 Å². The standard InChI is InChI=1S/C16H22N2O2S/c1-11(17-12(2)19)16(20)18-13-7-9-15(10-8-13)21-14-5-3-4-6-14/h7-11,14H,3-6H2,1-2H3,(H,17,19)(H,18,20)/t11-/m1/s1. The van der Waals surface area contributed by atoms with Gasteiger partial charge in [0.2, 0.25) is 11.8 Å². The Balaban J connectivity index is 1.86. The van der Waals surface area contributed by atoms with Gasteiger partial charge in [0.25, 0.3) is 0 Å². The van der Waals surface area contributed by atoms with Crippen LogP contribution in [-0.2, 0) is 9.59 Å². The molecular formula is C16H22N2O2S. The van der Waals surface area contributed by atoms with Crippen LogP contribution in [0, 0.1) is 0 Å². The van der Waals surface area contributed by atoms with E-state index in [1.54, 1.807) is 6.92 Å². The highest BCUT2D eigenvalue weighted by Crippen LogP contribution is 2.34. The van der Waals surface area contributed by atoms with E-state index in [9.17, 15) is 9.59 Å². The number of anilines is 1. The average Bonchev–Trinajstić information content (AvgIpc) is 2.93. The summed E-state index contributed by atoms with van der Waals surface area (Å²) in [6.07, 6.45) is 5.29. The van der Waals surface area contributed by atoms with Crippen LogP contribution in [0.2, 0.25) is 0 Å². The highest BCUT2D eigenvalue weighted by Gasteiger charge is 2.16. The predicted molar refractivity (Wildman–Crippen MR) is 86.5 cm³/mol. The van der Waals surface area contributed by atoms with Gasteiger partial charge in [-0.2, -0.15) is 0 Å². The number of benzene rings is 1. The van der Waals surface area contributed by atoms with Crippen LogP contribution in [-0.4, -0.2) is 23.1 Å². The molecule has 1 aromatic rings. The minimum absolute atomic E-state index is 0.207. The van der Waals surface area contributed by atoms with E-state index in [0.717, 1.165) is 10.9 Å². The van der Waals surface area contributed by atoms with Gasteiger partial charge in [0.05, 0.1) is 0 Å². The van der Waals surface area contributed by atoms with Gasteiger partial charge in [-0.05, 0) is 44.0 Å². The van der Waals surface area contributed by atoms with Crippen LogP contribution < -0.4 is 10.6 Å². The van der Waals surface area contributed by atoms with Crippen LogP contribution in [0.4, 0.5) is 5.69 Å². The summed E-state index contributed by atoms with van der Waals surface area (Å²) in [5.41, 5.74) is 0.757. The molecule has 0 heterocycles. The first-order valence-corrected chi connectivity index (χ1v) is 8.27. The highest BCUT2D eigenvalue weighted by molar-refractivity contribution is 8.00. The number of nitrogens with one attached hydrogen (secondary N) is 2. The predicted octanol–water partition coefficient (Wildman–Crippen LogP) is 3.18. The van der Waals surface area contributed by atoms with Gasteiger partial charge >= 0.3 is 0 Å². The van der Waals surface area contributed by atoms with Gasteiger partial charge in [-0.25, -0.2) is 0 Å². The highest BCUT2D eigenvalue weighted by atomic mass is 32.2. The van der Waals surface area contributed by atoms with Crippen LogP contribution in [0.1, 0.15) is 39.5 Å². The number of hydrogen-bond acceptors (Lipinski definition) is 3. The maximum absolute atomic E-state index is 11.9. The second-order valence-electron chi connectivity index (χ2n) is 5.46. The van der Waals surface area contributed by atoms with Crippen LogP contribution >= 0.6 is 11.8 Å². The normalized spacial score (nSPS) is 16.5. The Bertz CT molecular complexity index is 496. The Morgan fingerprint density at radius 3 is 2.38 bits per heavy atom. The number of carbonyl (C=O) groups is 2. The third-order valence-electron chi connectivity index (χ3n) is 3.54. The van der Waals surface area contributed by atoms with E-state index in [1.807, 2.05) is 36.0 Å². The maximum Gasteiger partial charge on any atom is 0.246 e. The monoisotopic (exact) mass is 306 g/mol. The van der Waals surface area contributed by atoms with Crippen molar-refractivity contribution in [2.24, 2.45) is 0 Å². The average molecular weight is 306 g/mol. The maximum atomic E-state index is 11.9. The van der Waals surface area contributed by atoms with Crippen molar-refractivity contribution >= 4 is 29.3 Å². The van der Waals surface area contributed by atoms with Crippen molar-refractivity contribution in [3.8, 4) is 0 Å². The summed E-state index contributed by atoms with van der Waals surface area (Å²) in [5, 5.41) is 6.11. The molecule has 0 radical (unpaired) electrons. The van der Waals surface area contributed by atoms with Crippen LogP contribution in [0.15, 0.2) is 29.2 Å². The molecule has 0 saturated heterocycles. The van der Waals surface area contributed by atoms with Crippen molar-refractivity contribution < 1.29 is 9.59 Å². The first kappa shape index (κ1) is 15.9. The lowest BCUT2D eigenvalue weighted by atomic mass is 10.2. The Kier molecular flexibility index (Phi) is 5.67. The molecule has 1 aliphatic rings. The summed E-state index contributed by atoms with van der Waals surface area (Å²) in [4.78, 5) is 24.1. The van der Waals surface area contributed by atoms with Gasteiger partial charge in [0, 0.05) is 22.8 Å². The number of thioether (sulfide) groups is 1. The van der Waals surface area contributed by atoms with Crippen LogP contribution in [0.5, 0.6) is 0 Å². The summed E-state index contributed by atoms with van der Waals surface area (Å²) < 4.78 is 0. The molecule has 0 bridgehead atoms. The van der Waals surface area contributed by atoms with E-state index in [0.29, 0.717) is 0 Å². The molecule has 2 rings (SSSR count). The summed E-state index contributed by atoms with van der Waals surface area (Å²) in [6.45, 7) is 3.07. The molecule has 2 amide bonds. The molecular weight excluding hydrogens is 284 g/mol. The van der Waals surface area contributed by atoms with Crippen molar-refractivity contribution in [2.75, 3.05) is 5.32 Å². The summed E-state index contributed by atoms with van der Waals surface area (Å²) in [6, 6.07) is 7.38. The fourth-order valence-corrected chi connectivity index (χ4v) is 3.68. The van der Waals surface area contributed by atoms with Gasteiger partial charge in [0.15, 0.2) is 0 Å². The Morgan fingerprint density at radius 2 is 1.81 bits per heavy atom. The quantitative estimate of drug-likeness (QED) is 0.878. The SMILES string of the molecule is CC(=O)N[C@H](C)C(=O)Nc1ccc(SC2CCCC2)cc1. The van der Waals surface area contributed by atoms with Gasteiger partial charge in [-0.15, -0.1) is 11.8 Å². The molecule has 1 aliphatic carbocycles. The van der Waals surface area contributed by atoms with E-state index in [4.69, 9.17) is 0 Å². The van der Waals surface area contributed by atoms with Gasteiger partial charge in [-0.1, -0.05) is 12.8 Å². The van der Waals surface area contributed by atoms with Gasteiger partial charge in [-0.3, -0.25) is 9.59 Å². The Hall–Kier alpha value is -1.49. The lowest BCUT2D eigenvalue weighted by molar-refractivity contribution is -0.124. The smallest absolute Gasteiger partial charge is 0.246 e. The van der Waals surface area contributed by atoms with E-state index < -0.39 is 6.04 Å². The van der Waals surface area contributed by atoms with Crippen molar-refractivity contribution in [1.29, 1.82) is 0 Å². The topological polar surface area (TPSA) is 58.2 Å². The zero-order chi connectivity index (χ0) is 15.2. The molecule has 2 N–H and O–H groups in total. The molecule has 4 nitrogen and oxygen atoms in total. The van der Waals surface area contributed by atoms with Crippen molar-refractivity contribution in [3.63, 3.8) is 0 Å².